The van der Waals surface area contributed by atoms with Crippen LogP contribution in [0.15, 0.2) is 35.5 Å². The Kier molecular flexibility index (Phi) is 5.84. The summed E-state index contributed by atoms with van der Waals surface area (Å²) in [6.45, 7) is 6.72. The van der Waals surface area contributed by atoms with Crippen LogP contribution in [0.25, 0.3) is 0 Å². The van der Waals surface area contributed by atoms with Crippen molar-refractivity contribution in [3.05, 3.63) is 36.2 Å². The van der Waals surface area contributed by atoms with Gasteiger partial charge in [-0.25, -0.2) is 8.42 Å². The molecule has 2 aromatic rings. The summed E-state index contributed by atoms with van der Waals surface area (Å²) in [5, 5.41) is 4.09. The van der Waals surface area contributed by atoms with Gasteiger partial charge in [0.15, 0.2) is 0 Å². The number of nitrogens with zero attached hydrogens (tertiary/aromatic N) is 2. The van der Waals surface area contributed by atoms with Crippen molar-refractivity contribution in [2.24, 2.45) is 0 Å². The molecule has 2 rings (SSSR count). The Morgan fingerprint density at radius 2 is 2.08 bits per heavy atom. The fraction of sp³-hybridized carbons (Fsp3) is 0.438. The lowest BCUT2D eigenvalue weighted by Crippen LogP contribution is -2.13. The first-order chi connectivity index (χ1) is 11.3. The maximum Gasteiger partial charge on any atom is 0.262 e. The highest BCUT2D eigenvalue weighted by Crippen LogP contribution is 2.24. The highest BCUT2D eigenvalue weighted by Gasteiger charge is 2.17. The van der Waals surface area contributed by atoms with Gasteiger partial charge in [0.05, 0.1) is 36.0 Å². The minimum absolute atomic E-state index is 0.0298. The molecule has 0 aliphatic rings. The lowest BCUT2D eigenvalue weighted by Gasteiger charge is -2.13. The maximum atomic E-state index is 12.5. The molecule has 0 saturated heterocycles. The highest BCUT2D eigenvalue weighted by atomic mass is 32.2. The molecule has 24 heavy (non-hydrogen) atoms. The van der Waals surface area contributed by atoms with Crippen LogP contribution < -0.4 is 9.46 Å². The quantitative estimate of drug-likeness (QED) is 0.788. The molecule has 1 aromatic heterocycles. The van der Waals surface area contributed by atoms with E-state index >= 15 is 0 Å². The molecule has 0 aliphatic heterocycles. The lowest BCUT2D eigenvalue weighted by atomic mass is 10.2. The van der Waals surface area contributed by atoms with Crippen molar-refractivity contribution in [1.29, 1.82) is 0 Å². The zero-order valence-corrected chi connectivity index (χ0v) is 15.1. The monoisotopic (exact) mass is 353 g/mol. The van der Waals surface area contributed by atoms with Crippen molar-refractivity contribution < 1.29 is 17.9 Å². The number of nitrogens with one attached hydrogen (secondary N) is 1. The Labute approximate surface area is 142 Å². The Hall–Kier alpha value is -2.06. The van der Waals surface area contributed by atoms with Crippen molar-refractivity contribution in [3.63, 3.8) is 0 Å². The Balaban J connectivity index is 2.15. The molecular weight excluding hydrogens is 330 g/mol. The van der Waals surface area contributed by atoms with E-state index in [-0.39, 0.29) is 11.0 Å². The van der Waals surface area contributed by atoms with Gasteiger partial charge in [0.2, 0.25) is 0 Å². The topological polar surface area (TPSA) is 82.5 Å². The van der Waals surface area contributed by atoms with E-state index in [4.69, 9.17) is 9.47 Å². The third kappa shape index (κ3) is 4.72. The van der Waals surface area contributed by atoms with Crippen molar-refractivity contribution >= 4 is 15.7 Å². The molecule has 132 valence electrons. The van der Waals surface area contributed by atoms with Crippen LogP contribution in [-0.2, 0) is 21.3 Å². The fourth-order valence-electron chi connectivity index (χ4n) is 2.11. The molecule has 0 aliphatic carbocycles. The summed E-state index contributed by atoms with van der Waals surface area (Å²) in [7, 11) is -2.08. The van der Waals surface area contributed by atoms with Crippen LogP contribution in [0.4, 0.5) is 5.69 Å². The van der Waals surface area contributed by atoms with E-state index in [1.165, 1.54) is 12.3 Å². The van der Waals surface area contributed by atoms with Gasteiger partial charge in [0.1, 0.15) is 5.75 Å². The third-order valence-electron chi connectivity index (χ3n) is 3.23. The number of anilines is 1. The number of ether oxygens (including phenoxy) is 2. The zero-order valence-electron chi connectivity index (χ0n) is 14.3. The number of aromatic nitrogens is 2. The number of benzene rings is 1. The van der Waals surface area contributed by atoms with Gasteiger partial charge < -0.3 is 9.47 Å². The Morgan fingerprint density at radius 3 is 2.71 bits per heavy atom. The molecule has 0 saturated carbocycles. The van der Waals surface area contributed by atoms with E-state index in [9.17, 15) is 8.42 Å². The standard InChI is InChI=1S/C16H23N3O4S/c1-12(2)23-16-6-5-15(9-13(16)3)24(20,21)18-14-10-17-19(11-14)7-8-22-4/h5-6,9-12,18H,7-8H2,1-4H3. The maximum absolute atomic E-state index is 12.5. The minimum Gasteiger partial charge on any atom is -0.491 e. The van der Waals surface area contributed by atoms with Gasteiger partial charge in [-0.3, -0.25) is 9.40 Å². The summed E-state index contributed by atoms with van der Waals surface area (Å²) in [5.41, 5.74) is 1.17. The zero-order chi connectivity index (χ0) is 17.7. The Morgan fingerprint density at radius 1 is 1.33 bits per heavy atom. The third-order valence-corrected chi connectivity index (χ3v) is 4.61. The van der Waals surface area contributed by atoms with Crippen LogP contribution in [0.3, 0.4) is 0 Å². The van der Waals surface area contributed by atoms with Gasteiger partial charge in [0, 0.05) is 13.3 Å². The fourth-order valence-corrected chi connectivity index (χ4v) is 3.23. The van der Waals surface area contributed by atoms with Crippen LogP contribution in [0.5, 0.6) is 5.75 Å². The number of aryl methyl sites for hydroxylation is 1. The second-order valence-electron chi connectivity index (χ2n) is 5.68. The average molecular weight is 353 g/mol. The molecule has 0 radical (unpaired) electrons. The lowest BCUT2D eigenvalue weighted by molar-refractivity contribution is 0.183. The number of sulfonamides is 1. The first-order valence-corrected chi connectivity index (χ1v) is 9.11. The van der Waals surface area contributed by atoms with Crippen molar-refractivity contribution in [2.45, 2.75) is 38.3 Å². The summed E-state index contributed by atoms with van der Waals surface area (Å²) >= 11 is 0. The molecule has 8 heteroatoms. The molecule has 0 fully saturated rings. The molecule has 0 spiro atoms. The largest absolute Gasteiger partial charge is 0.491 e. The van der Waals surface area contributed by atoms with Crippen LogP contribution in [0.1, 0.15) is 19.4 Å². The predicted octanol–water partition coefficient (Wildman–Crippen LogP) is 2.43. The van der Waals surface area contributed by atoms with Gasteiger partial charge in [-0.2, -0.15) is 5.10 Å². The van der Waals surface area contributed by atoms with E-state index in [1.54, 1.807) is 30.1 Å². The van der Waals surface area contributed by atoms with E-state index in [0.29, 0.717) is 24.6 Å². The average Bonchev–Trinajstić information content (AvgIpc) is 2.93. The number of hydrogen-bond acceptors (Lipinski definition) is 5. The summed E-state index contributed by atoms with van der Waals surface area (Å²) in [4.78, 5) is 0.181. The van der Waals surface area contributed by atoms with E-state index in [2.05, 4.69) is 9.82 Å². The first kappa shape index (κ1) is 18.3. The smallest absolute Gasteiger partial charge is 0.262 e. The summed E-state index contributed by atoms with van der Waals surface area (Å²) in [5.74, 6) is 0.677. The van der Waals surface area contributed by atoms with Gasteiger partial charge >= 0.3 is 0 Å². The predicted molar refractivity (Wildman–Crippen MR) is 91.9 cm³/mol. The molecule has 1 aromatic carbocycles. The second-order valence-corrected chi connectivity index (χ2v) is 7.37. The van der Waals surface area contributed by atoms with Crippen LogP contribution in [-0.4, -0.2) is 38.0 Å². The highest BCUT2D eigenvalue weighted by molar-refractivity contribution is 7.92. The normalized spacial score (nSPS) is 11.7. The van der Waals surface area contributed by atoms with Crippen molar-refractivity contribution in [1.82, 2.24) is 9.78 Å². The van der Waals surface area contributed by atoms with Gasteiger partial charge in [-0.1, -0.05) is 0 Å². The first-order valence-electron chi connectivity index (χ1n) is 7.63. The van der Waals surface area contributed by atoms with Gasteiger partial charge in [-0.05, 0) is 44.5 Å². The van der Waals surface area contributed by atoms with E-state index in [0.717, 1.165) is 5.56 Å². The van der Waals surface area contributed by atoms with Crippen LogP contribution in [0.2, 0.25) is 0 Å². The van der Waals surface area contributed by atoms with Crippen LogP contribution in [0, 0.1) is 6.92 Å². The summed E-state index contributed by atoms with van der Waals surface area (Å²) in [6, 6.07) is 4.80. The minimum atomic E-state index is -3.68. The summed E-state index contributed by atoms with van der Waals surface area (Å²) < 4.78 is 39.7. The van der Waals surface area contributed by atoms with Crippen molar-refractivity contribution in [3.8, 4) is 5.75 Å². The Bertz CT molecular complexity index is 784. The number of methoxy groups -OCH3 is 1. The molecule has 7 nitrogen and oxygen atoms in total. The molecule has 0 amide bonds. The molecule has 1 heterocycles. The molecular formula is C16H23N3O4S. The number of hydrogen-bond donors (Lipinski definition) is 1. The number of rotatable bonds is 8. The summed E-state index contributed by atoms with van der Waals surface area (Å²) in [6.07, 6.45) is 3.12. The van der Waals surface area contributed by atoms with Gasteiger partial charge in [-0.15, -0.1) is 0 Å². The van der Waals surface area contributed by atoms with E-state index in [1.807, 2.05) is 20.8 Å². The molecule has 1 N–H and O–H groups in total. The van der Waals surface area contributed by atoms with Gasteiger partial charge in [0.25, 0.3) is 10.0 Å². The second kappa shape index (κ2) is 7.67. The van der Waals surface area contributed by atoms with Crippen LogP contribution >= 0.6 is 0 Å². The van der Waals surface area contributed by atoms with Crippen molar-refractivity contribution in [2.75, 3.05) is 18.4 Å². The SMILES string of the molecule is COCCn1cc(NS(=O)(=O)c2ccc(OC(C)C)c(C)c2)cn1. The molecule has 0 unspecified atom stereocenters. The molecule has 0 atom stereocenters. The van der Waals surface area contributed by atoms with E-state index < -0.39 is 10.0 Å². The molecule has 0 bridgehead atoms.